The summed E-state index contributed by atoms with van der Waals surface area (Å²) >= 11 is 8.77. The lowest BCUT2D eigenvalue weighted by atomic mass is 10.1. The zero-order valence-corrected chi connectivity index (χ0v) is 12.7. The van der Waals surface area contributed by atoms with Crippen molar-refractivity contribution in [1.82, 2.24) is 0 Å². The molecule has 2 rings (SSSR count). The molecule has 0 saturated heterocycles. The average Bonchev–Trinajstić information content (AvgIpc) is 2.41. The molecule has 0 spiro atoms. The second-order valence-corrected chi connectivity index (χ2v) is 5.37. The highest BCUT2D eigenvalue weighted by atomic mass is 79.9. The molecule has 108 valence electrons. The molecular weight excluding hydrogens is 365 g/mol. The molecule has 2 aromatic carbocycles. The number of rotatable bonds is 3. The van der Waals surface area contributed by atoms with Gasteiger partial charge in [-0.15, -0.1) is 0 Å². The molecular formula is C14H8BrClFNO3. The predicted octanol–water partition coefficient (Wildman–Crippen LogP) is 4.19. The van der Waals surface area contributed by atoms with Gasteiger partial charge in [0.25, 0.3) is 5.91 Å². The number of amides is 1. The van der Waals surface area contributed by atoms with Crippen molar-refractivity contribution in [2.75, 3.05) is 5.32 Å². The third-order valence-corrected chi connectivity index (χ3v) is 3.52. The molecule has 0 aliphatic carbocycles. The van der Waals surface area contributed by atoms with Crippen molar-refractivity contribution in [2.24, 2.45) is 0 Å². The fourth-order valence-electron chi connectivity index (χ4n) is 1.64. The van der Waals surface area contributed by atoms with Crippen LogP contribution < -0.4 is 5.32 Å². The Bertz CT molecular complexity index is 736. The zero-order chi connectivity index (χ0) is 15.6. The number of hydrogen-bond donors (Lipinski definition) is 2. The number of carboxylic acids is 1. The van der Waals surface area contributed by atoms with Gasteiger partial charge in [0.15, 0.2) is 0 Å². The van der Waals surface area contributed by atoms with Gasteiger partial charge in [0.05, 0.1) is 15.7 Å². The van der Waals surface area contributed by atoms with Crippen LogP contribution in [-0.4, -0.2) is 17.0 Å². The second kappa shape index (κ2) is 6.24. The van der Waals surface area contributed by atoms with Gasteiger partial charge >= 0.3 is 5.97 Å². The number of carboxylic acid groups (broad SMARTS) is 1. The number of benzene rings is 2. The summed E-state index contributed by atoms with van der Waals surface area (Å²) in [6, 6.07) is 7.85. The van der Waals surface area contributed by atoms with Gasteiger partial charge in [0, 0.05) is 10.6 Å². The largest absolute Gasteiger partial charge is 0.478 e. The van der Waals surface area contributed by atoms with Gasteiger partial charge < -0.3 is 10.4 Å². The van der Waals surface area contributed by atoms with Crippen molar-refractivity contribution in [1.29, 1.82) is 0 Å². The van der Waals surface area contributed by atoms with Crippen LogP contribution in [0.3, 0.4) is 0 Å². The maximum atomic E-state index is 13.4. The van der Waals surface area contributed by atoms with Crippen LogP contribution in [-0.2, 0) is 0 Å². The molecule has 0 aliphatic rings. The van der Waals surface area contributed by atoms with E-state index in [0.29, 0.717) is 0 Å². The van der Waals surface area contributed by atoms with Crippen LogP contribution in [0, 0.1) is 5.82 Å². The quantitative estimate of drug-likeness (QED) is 0.849. The van der Waals surface area contributed by atoms with Gasteiger partial charge in [0.2, 0.25) is 0 Å². The minimum absolute atomic E-state index is 0.0447. The Morgan fingerprint density at radius 3 is 2.52 bits per heavy atom. The van der Waals surface area contributed by atoms with Crippen molar-refractivity contribution in [3.05, 3.63) is 62.8 Å². The molecule has 0 radical (unpaired) electrons. The van der Waals surface area contributed by atoms with Gasteiger partial charge in [0.1, 0.15) is 5.82 Å². The molecule has 2 aromatic rings. The molecule has 0 unspecified atom stereocenters. The van der Waals surface area contributed by atoms with Crippen molar-refractivity contribution >= 4 is 45.1 Å². The predicted molar refractivity (Wildman–Crippen MR) is 80.5 cm³/mol. The first-order valence-electron chi connectivity index (χ1n) is 5.67. The van der Waals surface area contributed by atoms with Gasteiger partial charge in [-0.3, -0.25) is 4.79 Å². The van der Waals surface area contributed by atoms with E-state index in [1.54, 1.807) is 0 Å². The molecule has 0 atom stereocenters. The van der Waals surface area contributed by atoms with Crippen LogP contribution in [0.25, 0.3) is 0 Å². The van der Waals surface area contributed by atoms with E-state index >= 15 is 0 Å². The molecule has 0 bridgehead atoms. The minimum Gasteiger partial charge on any atom is -0.478 e. The summed E-state index contributed by atoms with van der Waals surface area (Å²) in [6.45, 7) is 0. The highest BCUT2D eigenvalue weighted by Crippen LogP contribution is 2.23. The number of carbonyl (C=O) groups is 2. The van der Waals surface area contributed by atoms with Crippen LogP contribution in [0.15, 0.2) is 40.9 Å². The normalized spacial score (nSPS) is 10.2. The Morgan fingerprint density at radius 1 is 1.19 bits per heavy atom. The van der Waals surface area contributed by atoms with E-state index in [2.05, 4.69) is 21.2 Å². The minimum atomic E-state index is -1.20. The third-order valence-electron chi connectivity index (χ3n) is 2.64. The number of aromatic carboxylic acids is 1. The van der Waals surface area contributed by atoms with E-state index in [-0.39, 0.29) is 26.3 Å². The lowest BCUT2D eigenvalue weighted by Crippen LogP contribution is -2.15. The van der Waals surface area contributed by atoms with Crippen LogP contribution in [0.5, 0.6) is 0 Å². The van der Waals surface area contributed by atoms with E-state index < -0.39 is 17.7 Å². The molecule has 0 aliphatic heterocycles. The molecule has 4 nitrogen and oxygen atoms in total. The van der Waals surface area contributed by atoms with Crippen molar-refractivity contribution < 1.29 is 19.1 Å². The Kier molecular flexibility index (Phi) is 4.59. The highest BCUT2D eigenvalue weighted by molar-refractivity contribution is 9.10. The summed E-state index contributed by atoms with van der Waals surface area (Å²) in [6.07, 6.45) is 0. The van der Waals surface area contributed by atoms with Gasteiger partial charge in [-0.05, 0) is 52.3 Å². The SMILES string of the molecule is O=C(Nc1cc(Cl)ccc1C(=O)O)c1ccc(Br)c(F)c1. The van der Waals surface area contributed by atoms with Gasteiger partial charge in [-0.25, -0.2) is 9.18 Å². The Morgan fingerprint density at radius 2 is 1.90 bits per heavy atom. The Balaban J connectivity index is 2.33. The van der Waals surface area contributed by atoms with Crippen LogP contribution in [0.4, 0.5) is 10.1 Å². The Hall–Kier alpha value is -1.92. The molecule has 2 N–H and O–H groups in total. The zero-order valence-electron chi connectivity index (χ0n) is 10.4. The van der Waals surface area contributed by atoms with Gasteiger partial charge in [-0.2, -0.15) is 0 Å². The second-order valence-electron chi connectivity index (χ2n) is 4.08. The lowest BCUT2D eigenvalue weighted by Gasteiger charge is -2.09. The number of halogens is 3. The maximum Gasteiger partial charge on any atom is 0.337 e. The van der Waals surface area contributed by atoms with E-state index in [0.717, 1.165) is 6.07 Å². The molecule has 7 heteroatoms. The number of anilines is 1. The van der Waals surface area contributed by atoms with Crippen molar-refractivity contribution in [2.45, 2.75) is 0 Å². The monoisotopic (exact) mass is 371 g/mol. The number of hydrogen-bond acceptors (Lipinski definition) is 2. The van der Waals surface area contributed by atoms with E-state index in [1.165, 1.54) is 30.3 Å². The van der Waals surface area contributed by atoms with Gasteiger partial charge in [-0.1, -0.05) is 11.6 Å². The third kappa shape index (κ3) is 3.59. The molecule has 0 saturated carbocycles. The summed E-state index contributed by atoms with van der Waals surface area (Å²) in [7, 11) is 0. The highest BCUT2D eigenvalue weighted by Gasteiger charge is 2.15. The smallest absolute Gasteiger partial charge is 0.337 e. The summed E-state index contributed by atoms with van der Waals surface area (Å²) in [5.74, 6) is -2.43. The first kappa shape index (κ1) is 15.5. The van der Waals surface area contributed by atoms with E-state index in [9.17, 15) is 14.0 Å². The fourth-order valence-corrected chi connectivity index (χ4v) is 2.06. The van der Waals surface area contributed by atoms with E-state index in [4.69, 9.17) is 16.7 Å². The van der Waals surface area contributed by atoms with Crippen LogP contribution in [0.1, 0.15) is 20.7 Å². The molecule has 21 heavy (non-hydrogen) atoms. The number of carbonyl (C=O) groups excluding carboxylic acids is 1. The molecule has 1 amide bonds. The summed E-state index contributed by atoms with van der Waals surface area (Å²) in [5.41, 5.74) is 0.000625. The van der Waals surface area contributed by atoms with Crippen molar-refractivity contribution in [3.63, 3.8) is 0 Å². The lowest BCUT2D eigenvalue weighted by molar-refractivity contribution is 0.0698. The van der Waals surface area contributed by atoms with E-state index in [1.807, 2.05) is 0 Å². The molecule has 0 heterocycles. The molecule has 0 aromatic heterocycles. The molecule has 0 fully saturated rings. The van der Waals surface area contributed by atoms with Crippen LogP contribution >= 0.6 is 27.5 Å². The average molecular weight is 373 g/mol. The first-order chi connectivity index (χ1) is 9.88. The summed E-state index contributed by atoms with van der Waals surface area (Å²) < 4.78 is 13.6. The standard InChI is InChI=1S/C14H8BrClFNO3/c15-10-4-1-7(5-11(10)17)13(19)18-12-6-8(16)2-3-9(12)14(20)21/h1-6H,(H,18,19)(H,20,21). The summed E-state index contributed by atoms with van der Waals surface area (Å²) in [5, 5.41) is 11.7. The maximum absolute atomic E-state index is 13.4. The summed E-state index contributed by atoms with van der Waals surface area (Å²) in [4.78, 5) is 23.1. The Labute approximate surface area is 132 Å². The van der Waals surface area contributed by atoms with Crippen LogP contribution in [0.2, 0.25) is 5.02 Å². The fraction of sp³-hybridized carbons (Fsp3) is 0. The first-order valence-corrected chi connectivity index (χ1v) is 6.85. The topological polar surface area (TPSA) is 66.4 Å². The van der Waals surface area contributed by atoms with Crippen molar-refractivity contribution in [3.8, 4) is 0 Å². The number of nitrogens with one attached hydrogen (secondary N) is 1.